The molecule has 2 nitrogen and oxygen atoms in total. The molecule has 1 atom stereocenters. The molecule has 0 saturated heterocycles. The van der Waals surface area contributed by atoms with E-state index in [-0.39, 0.29) is 12.2 Å². The highest BCUT2D eigenvalue weighted by molar-refractivity contribution is 9.10. The molecule has 2 aromatic rings. The molecular formula is C12H11BrFNOS. The standard InChI is InChI=1S/C12H11BrFNOS/c1-7-15-11(6-17-7)12(16)4-8-2-3-9(13)5-10(8)14/h2-3,5-6,12,16H,4H2,1H3. The van der Waals surface area contributed by atoms with Crippen molar-refractivity contribution in [3.8, 4) is 0 Å². The molecule has 0 aliphatic heterocycles. The SMILES string of the molecule is Cc1nc(C(O)Cc2ccc(Br)cc2F)cs1. The first kappa shape index (κ1) is 12.7. The van der Waals surface area contributed by atoms with Crippen LogP contribution < -0.4 is 0 Å². The van der Waals surface area contributed by atoms with Gasteiger partial charge in [-0.2, -0.15) is 0 Å². The summed E-state index contributed by atoms with van der Waals surface area (Å²) in [7, 11) is 0. The van der Waals surface area contributed by atoms with Crippen LogP contribution in [0, 0.1) is 12.7 Å². The molecule has 0 fully saturated rings. The molecule has 0 amide bonds. The molecule has 1 heterocycles. The van der Waals surface area contributed by atoms with Gasteiger partial charge in [0, 0.05) is 16.3 Å². The number of nitrogens with zero attached hydrogens (tertiary/aromatic N) is 1. The summed E-state index contributed by atoms with van der Waals surface area (Å²) < 4.78 is 14.3. The lowest BCUT2D eigenvalue weighted by Gasteiger charge is -2.09. The Morgan fingerprint density at radius 3 is 2.88 bits per heavy atom. The van der Waals surface area contributed by atoms with Crippen molar-refractivity contribution in [3.05, 3.63) is 50.1 Å². The molecule has 1 aromatic heterocycles. The largest absolute Gasteiger partial charge is 0.386 e. The van der Waals surface area contributed by atoms with Crippen molar-refractivity contribution in [2.45, 2.75) is 19.4 Å². The number of hydrogen-bond donors (Lipinski definition) is 1. The van der Waals surface area contributed by atoms with Gasteiger partial charge >= 0.3 is 0 Å². The molecule has 0 bridgehead atoms. The Balaban J connectivity index is 2.15. The van der Waals surface area contributed by atoms with Crippen molar-refractivity contribution >= 4 is 27.3 Å². The lowest BCUT2D eigenvalue weighted by Crippen LogP contribution is -2.04. The molecule has 1 N–H and O–H groups in total. The first-order chi connectivity index (χ1) is 8.06. The Kier molecular flexibility index (Phi) is 3.91. The molecule has 1 aromatic carbocycles. The van der Waals surface area contributed by atoms with Gasteiger partial charge in [-0.15, -0.1) is 11.3 Å². The fourth-order valence-electron chi connectivity index (χ4n) is 1.53. The van der Waals surface area contributed by atoms with Gasteiger partial charge in [-0.3, -0.25) is 0 Å². The van der Waals surface area contributed by atoms with E-state index in [0.29, 0.717) is 15.7 Å². The van der Waals surface area contributed by atoms with E-state index in [4.69, 9.17) is 0 Å². The summed E-state index contributed by atoms with van der Waals surface area (Å²) in [4.78, 5) is 4.19. The van der Waals surface area contributed by atoms with Crippen LogP contribution in [0.4, 0.5) is 4.39 Å². The van der Waals surface area contributed by atoms with Gasteiger partial charge < -0.3 is 5.11 Å². The minimum atomic E-state index is -0.754. The summed E-state index contributed by atoms with van der Waals surface area (Å²) >= 11 is 4.68. The highest BCUT2D eigenvalue weighted by Gasteiger charge is 2.14. The van der Waals surface area contributed by atoms with E-state index in [1.807, 2.05) is 6.92 Å². The number of aromatic nitrogens is 1. The molecule has 5 heteroatoms. The highest BCUT2D eigenvalue weighted by atomic mass is 79.9. The number of halogens is 2. The number of aliphatic hydroxyl groups is 1. The third-order valence-electron chi connectivity index (χ3n) is 2.41. The normalized spacial score (nSPS) is 12.7. The van der Waals surface area contributed by atoms with Gasteiger partial charge in [-0.05, 0) is 24.6 Å². The van der Waals surface area contributed by atoms with Gasteiger partial charge in [0.1, 0.15) is 11.9 Å². The number of benzene rings is 1. The van der Waals surface area contributed by atoms with Crippen molar-refractivity contribution in [3.63, 3.8) is 0 Å². The molecule has 2 rings (SSSR count). The Morgan fingerprint density at radius 2 is 2.29 bits per heavy atom. The second kappa shape index (κ2) is 5.25. The third kappa shape index (κ3) is 3.12. The molecule has 0 saturated carbocycles. The maximum absolute atomic E-state index is 13.6. The van der Waals surface area contributed by atoms with E-state index in [9.17, 15) is 9.50 Å². The maximum atomic E-state index is 13.6. The van der Waals surface area contributed by atoms with Gasteiger partial charge in [-0.1, -0.05) is 22.0 Å². The van der Waals surface area contributed by atoms with Gasteiger partial charge in [0.15, 0.2) is 0 Å². The first-order valence-electron chi connectivity index (χ1n) is 5.10. The fourth-order valence-corrected chi connectivity index (χ4v) is 2.53. The van der Waals surface area contributed by atoms with Crippen LogP contribution in [-0.2, 0) is 6.42 Å². The Bertz CT molecular complexity index is 529. The van der Waals surface area contributed by atoms with Gasteiger partial charge in [0.05, 0.1) is 10.7 Å². The number of aliphatic hydroxyl groups excluding tert-OH is 1. The number of rotatable bonds is 3. The molecule has 90 valence electrons. The Morgan fingerprint density at radius 1 is 1.53 bits per heavy atom. The van der Waals surface area contributed by atoms with Gasteiger partial charge in [0.25, 0.3) is 0 Å². The Hall–Kier alpha value is -0.780. The monoisotopic (exact) mass is 315 g/mol. The number of aryl methyl sites for hydroxylation is 1. The van der Waals surface area contributed by atoms with E-state index >= 15 is 0 Å². The minimum Gasteiger partial charge on any atom is -0.386 e. The van der Waals surface area contributed by atoms with Crippen molar-refractivity contribution in [1.82, 2.24) is 4.98 Å². The van der Waals surface area contributed by atoms with E-state index in [2.05, 4.69) is 20.9 Å². The molecule has 0 aliphatic carbocycles. The second-order valence-corrected chi connectivity index (χ2v) is 5.72. The van der Waals surface area contributed by atoms with Crippen molar-refractivity contribution in [1.29, 1.82) is 0 Å². The van der Waals surface area contributed by atoms with E-state index < -0.39 is 6.10 Å². The van der Waals surface area contributed by atoms with E-state index in [0.717, 1.165) is 5.01 Å². The number of hydrogen-bond acceptors (Lipinski definition) is 3. The second-order valence-electron chi connectivity index (χ2n) is 3.75. The summed E-state index contributed by atoms with van der Waals surface area (Å²) in [6.07, 6.45) is -0.516. The van der Waals surface area contributed by atoms with E-state index in [1.165, 1.54) is 17.4 Å². The molecule has 0 spiro atoms. The summed E-state index contributed by atoms with van der Waals surface area (Å²) in [5.41, 5.74) is 1.10. The molecule has 0 aliphatic rings. The maximum Gasteiger partial charge on any atom is 0.127 e. The Labute approximate surface area is 111 Å². The lowest BCUT2D eigenvalue weighted by molar-refractivity contribution is 0.173. The minimum absolute atomic E-state index is 0.238. The van der Waals surface area contributed by atoms with Crippen LogP contribution >= 0.6 is 27.3 Å². The van der Waals surface area contributed by atoms with E-state index in [1.54, 1.807) is 17.5 Å². The van der Waals surface area contributed by atoms with Crippen LogP contribution in [-0.4, -0.2) is 10.1 Å². The smallest absolute Gasteiger partial charge is 0.127 e. The predicted octanol–water partition coefficient (Wildman–Crippen LogP) is 3.63. The van der Waals surface area contributed by atoms with Crippen LogP contribution in [0.3, 0.4) is 0 Å². The molecule has 17 heavy (non-hydrogen) atoms. The zero-order valence-corrected chi connectivity index (χ0v) is 11.6. The fraction of sp³-hybridized carbons (Fsp3) is 0.250. The lowest BCUT2D eigenvalue weighted by atomic mass is 10.1. The zero-order chi connectivity index (χ0) is 12.4. The van der Waals surface area contributed by atoms with Crippen LogP contribution in [0.1, 0.15) is 22.4 Å². The van der Waals surface area contributed by atoms with Gasteiger partial charge in [-0.25, -0.2) is 9.37 Å². The van der Waals surface area contributed by atoms with Crippen molar-refractivity contribution in [2.75, 3.05) is 0 Å². The number of thiazole rings is 1. The van der Waals surface area contributed by atoms with Crippen molar-refractivity contribution < 1.29 is 9.50 Å². The highest BCUT2D eigenvalue weighted by Crippen LogP contribution is 2.23. The predicted molar refractivity (Wildman–Crippen MR) is 69.6 cm³/mol. The third-order valence-corrected chi connectivity index (χ3v) is 3.69. The molecule has 0 radical (unpaired) electrons. The summed E-state index contributed by atoms with van der Waals surface area (Å²) in [6.45, 7) is 1.88. The van der Waals surface area contributed by atoms with Crippen LogP contribution in [0.15, 0.2) is 28.1 Å². The van der Waals surface area contributed by atoms with Crippen LogP contribution in [0.2, 0.25) is 0 Å². The average molecular weight is 316 g/mol. The van der Waals surface area contributed by atoms with Gasteiger partial charge in [0.2, 0.25) is 0 Å². The van der Waals surface area contributed by atoms with Crippen molar-refractivity contribution in [2.24, 2.45) is 0 Å². The summed E-state index contributed by atoms with van der Waals surface area (Å²) in [6, 6.07) is 4.83. The topological polar surface area (TPSA) is 33.1 Å². The average Bonchev–Trinajstić information content (AvgIpc) is 2.69. The zero-order valence-electron chi connectivity index (χ0n) is 9.15. The quantitative estimate of drug-likeness (QED) is 0.938. The van der Waals surface area contributed by atoms with Crippen LogP contribution in [0.25, 0.3) is 0 Å². The van der Waals surface area contributed by atoms with Crippen LogP contribution in [0.5, 0.6) is 0 Å². The summed E-state index contributed by atoms with van der Waals surface area (Å²) in [5, 5.41) is 12.6. The molecule has 1 unspecified atom stereocenters. The molecular weight excluding hydrogens is 305 g/mol. The summed E-state index contributed by atoms with van der Waals surface area (Å²) in [5.74, 6) is -0.314. The first-order valence-corrected chi connectivity index (χ1v) is 6.77.